The van der Waals surface area contributed by atoms with Gasteiger partial charge in [0, 0.05) is 33.6 Å². The molecular weight excluding hydrogens is 707 g/mol. The van der Waals surface area contributed by atoms with Crippen molar-refractivity contribution in [2.24, 2.45) is 0 Å². The van der Waals surface area contributed by atoms with E-state index in [2.05, 4.69) is 184 Å². The number of rotatable bonds is 4. The third kappa shape index (κ3) is 4.98. The Labute approximate surface area is 336 Å². The molecule has 0 saturated carbocycles. The van der Waals surface area contributed by atoms with E-state index in [1.165, 1.54) is 54.7 Å². The molecule has 4 heteroatoms. The third-order valence-electron chi connectivity index (χ3n) is 12.6. The number of benzene rings is 8. The van der Waals surface area contributed by atoms with Crippen LogP contribution < -0.4 is 4.74 Å². The number of fused-ring (bicyclic) bond motifs is 12. The van der Waals surface area contributed by atoms with E-state index in [0.29, 0.717) is 17.5 Å². The first-order valence-electron chi connectivity index (χ1n) is 20.1. The fraction of sp³-hybridized carbons (Fsp3) is 0.0926. The topological polar surface area (TPSA) is 47.9 Å². The summed E-state index contributed by atoms with van der Waals surface area (Å²) in [5, 5.41) is 7.18. The highest BCUT2D eigenvalue weighted by Crippen LogP contribution is 2.50. The molecule has 0 radical (unpaired) electrons. The molecule has 1 aliphatic heterocycles. The summed E-state index contributed by atoms with van der Waals surface area (Å²) >= 11 is 0. The van der Waals surface area contributed by atoms with Gasteiger partial charge in [-0.25, -0.2) is 15.0 Å². The van der Waals surface area contributed by atoms with E-state index in [0.717, 1.165) is 39.0 Å². The fourth-order valence-corrected chi connectivity index (χ4v) is 9.70. The minimum atomic E-state index is -0.149. The Morgan fingerprint density at radius 3 is 1.83 bits per heavy atom. The van der Waals surface area contributed by atoms with Gasteiger partial charge in [0.25, 0.3) is 0 Å². The van der Waals surface area contributed by atoms with Gasteiger partial charge in [-0.1, -0.05) is 153 Å². The van der Waals surface area contributed by atoms with E-state index in [-0.39, 0.29) is 17.4 Å². The van der Waals surface area contributed by atoms with Crippen molar-refractivity contribution in [1.82, 2.24) is 15.0 Å². The summed E-state index contributed by atoms with van der Waals surface area (Å²) in [5.41, 5.74) is 11.4. The summed E-state index contributed by atoms with van der Waals surface area (Å²) in [6, 6.07) is 54.5. The number of nitrogens with zero attached hydrogens (tertiary/aromatic N) is 3. The van der Waals surface area contributed by atoms with Crippen molar-refractivity contribution >= 4 is 32.3 Å². The van der Waals surface area contributed by atoms with Crippen LogP contribution >= 0.6 is 0 Å². The lowest BCUT2D eigenvalue weighted by atomic mass is 9.82. The maximum Gasteiger partial charge on any atom is 0.164 e. The summed E-state index contributed by atoms with van der Waals surface area (Å²) in [5.74, 6) is 3.12. The van der Waals surface area contributed by atoms with Crippen molar-refractivity contribution in [2.45, 2.75) is 31.3 Å². The van der Waals surface area contributed by atoms with Gasteiger partial charge in [-0.3, -0.25) is 0 Å². The minimum absolute atomic E-state index is 0.0358. The SMILES string of the molecule is CC1(C)c2ccccc2-c2ccc(-c3nc(-c4cccc(-c5ccccc5)c4)nc(-c4ccc5c(c4)c4ccccc4c4cc6c(cc54)OC4C=CC=CC64)n3)cc21. The van der Waals surface area contributed by atoms with E-state index in [4.69, 9.17) is 19.7 Å². The van der Waals surface area contributed by atoms with Crippen molar-refractivity contribution < 1.29 is 4.74 Å². The highest BCUT2D eigenvalue weighted by atomic mass is 16.5. The molecule has 12 rings (SSSR count). The maximum absolute atomic E-state index is 6.51. The summed E-state index contributed by atoms with van der Waals surface area (Å²) in [7, 11) is 0. The van der Waals surface area contributed by atoms with Gasteiger partial charge in [0.05, 0.1) is 0 Å². The Bertz CT molecular complexity index is 3250. The number of ether oxygens (including phenoxy) is 1. The Kier molecular flexibility index (Phi) is 7.07. The third-order valence-corrected chi connectivity index (χ3v) is 12.6. The first-order chi connectivity index (χ1) is 28.5. The molecule has 4 nitrogen and oxygen atoms in total. The van der Waals surface area contributed by atoms with Crippen molar-refractivity contribution in [3.05, 3.63) is 193 Å². The van der Waals surface area contributed by atoms with Crippen LogP contribution in [0.3, 0.4) is 0 Å². The van der Waals surface area contributed by atoms with Crippen molar-refractivity contribution in [2.75, 3.05) is 0 Å². The fourth-order valence-electron chi connectivity index (χ4n) is 9.70. The van der Waals surface area contributed by atoms with Crippen LogP contribution in [0.15, 0.2) is 176 Å². The molecule has 2 aliphatic carbocycles. The Hall–Kier alpha value is -7.17. The minimum Gasteiger partial charge on any atom is -0.485 e. The van der Waals surface area contributed by atoms with Gasteiger partial charge < -0.3 is 4.74 Å². The lowest BCUT2D eigenvalue weighted by molar-refractivity contribution is 0.269. The Morgan fingerprint density at radius 2 is 1.02 bits per heavy atom. The number of allylic oxidation sites excluding steroid dienone is 2. The normalized spacial score (nSPS) is 16.9. The van der Waals surface area contributed by atoms with Gasteiger partial charge in [-0.15, -0.1) is 0 Å². The monoisotopic (exact) mass is 743 g/mol. The average molecular weight is 744 g/mol. The Morgan fingerprint density at radius 1 is 0.431 bits per heavy atom. The van der Waals surface area contributed by atoms with Gasteiger partial charge in [0.1, 0.15) is 11.9 Å². The van der Waals surface area contributed by atoms with E-state index < -0.39 is 0 Å². The van der Waals surface area contributed by atoms with Crippen LogP contribution in [0.25, 0.3) is 88.7 Å². The summed E-state index contributed by atoms with van der Waals surface area (Å²) < 4.78 is 6.51. The quantitative estimate of drug-likeness (QED) is 0.168. The molecule has 3 aliphatic rings. The molecule has 1 aromatic heterocycles. The zero-order valence-corrected chi connectivity index (χ0v) is 32.1. The molecule has 0 bridgehead atoms. The van der Waals surface area contributed by atoms with Crippen molar-refractivity contribution in [3.63, 3.8) is 0 Å². The zero-order chi connectivity index (χ0) is 38.5. The van der Waals surface area contributed by atoms with Crippen LogP contribution in [0.4, 0.5) is 0 Å². The van der Waals surface area contributed by atoms with Gasteiger partial charge in [0.2, 0.25) is 0 Å². The van der Waals surface area contributed by atoms with Crippen molar-refractivity contribution in [1.29, 1.82) is 0 Å². The van der Waals surface area contributed by atoms with Gasteiger partial charge in [-0.2, -0.15) is 0 Å². The predicted molar refractivity (Wildman–Crippen MR) is 237 cm³/mol. The lowest BCUT2D eigenvalue weighted by Crippen LogP contribution is -2.15. The molecule has 2 heterocycles. The summed E-state index contributed by atoms with van der Waals surface area (Å²) in [6.45, 7) is 4.62. The molecular formula is C54H37N3O. The number of hydrogen-bond donors (Lipinski definition) is 0. The average Bonchev–Trinajstić information content (AvgIpc) is 3.76. The number of hydrogen-bond acceptors (Lipinski definition) is 4. The molecule has 9 aromatic rings. The maximum atomic E-state index is 6.51. The zero-order valence-electron chi connectivity index (χ0n) is 32.1. The van der Waals surface area contributed by atoms with Crippen molar-refractivity contribution in [3.8, 4) is 62.2 Å². The second-order valence-corrected chi connectivity index (χ2v) is 16.3. The van der Waals surface area contributed by atoms with E-state index in [1.54, 1.807) is 0 Å². The summed E-state index contributed by atoms with van der Waals surface area (Å²) in [6.07, 6.45) is 8.67. The lowest BCUT2D eigenvalue weighted by Gasteiger charge is -2.21. The standard InChI is InChI=1S/C54H37N3O/c1-54(2)47-21-10-8-19-40(47)41-26-24-36(29-48(41)54)53-56-51(34-16-12-15-33(27-34)32-13-4-3-5-14-32)55-52(57-53)35-23-25-39-43(28-35)37-17-6-7-18-38(37)44-30-46-42-20-9-11-22-49(42)58-50(46)31-45(39)44/h3-31,42,49H,1-2H3. The second kappa shape index (κ2) is 12.4. The van der Waals surface area contributed by atoms with Gasteiger partial charge in [-0.05, 0) is 102 Å². The molecule has 0 amide bonds. The van der Waals surface area contributed by atoms with Crippen LogP contribution in [0.2, 0.25) is 0 Å². The van der Waals surface area contributed by atoms with Crippen LogP contribution in [0.1, 0.15) is 36.5 Å². The summed E-state index contributed by atoms with van der Waals surface area (Å²) in [4.78, 5) is 15.8. The number of aromatic nitrogens is 3. The smallest absolute Gasteiger partial charge is 0.164 e. The van der Waals surface area contributed by atoms with E-state index >= 15 is 0 Å². The van der Waals surface area contributed by atoms with Crippen LogP contribution in [-0.4, -0.2) is 21.1 Å². The molecule has 2 atom stereocenters. The molecule has 8 aromatic carbocycles. The molecule has 58 heavy (non-hydrogen) atoms. The largest absolute Gasteiger partial charge is 0.485 e. The first-order valence-corrected chi connectivity index (χ1v) is 20.1. The van der Waals surface area contributed by atoms with E-state index in [9.17, 15) is 0 Å². The second-order valence-electron chi connectivity index (χ2n) is 16.3. The van der Waals surface area contributed by atoms with Crippen LogP contribution in [-0.2, 0) is 5.41 Å². The molecule has 0 spiro atoms. The molecule has 274 valence electrons. The molecule has 2 unspecified atom stereocenters. The molecule has 0 saturated heterocycles. The Balaban J connectivity index is 1.06. The highest BCUT2D eigenvalue weighted by molar-refractivity contribution is 6.26. The first kappa shape index (κ1) is 33.0. The predicted octanol–water partition coefficient (Wildman–Crippen LogP) is 13.3. The van der Waals surface area contributed by atoms with Gasteiger partial charge in [0.15, 0.2) is 17.5 Å². The molecule has 0 fully saturated rings. The van der Waals surface area contributed by atoms with Crippen LogP contribution in [0, 0.1) is 0 Å². The van der Waals surface area contributed by atoms with E-state index in [1.807, 2.05) is 6.07 Å². The highest BCUT2D eigenvalue weighted by Gasteiger charge is 2.36. The van der Waals surface area contributed by atoms with Crippen LogP contribution in [0.5, 0.6) is 5.75 Å². The van der Waals surface area contributed by atoms with Gasteiger partial charge >= 0.3 is 0 Å². The molecule has 0 N–H and O–H groups in total.